The van der Waals surface area contributed by atoms with E-state index in [4.69, 9.17) is 21.6 Å². The van der Waals surface area contributed by atoms with Crippen molar-refractivity contribution in [1.29, 1.82) is 5.26 Å². The SMILES string of the molecule is CCOC(=O)/C(C#N)=C1\CCc2cc(Cl)ccc21. The molecular weight excluding hydrogens is 250 g/mol. The van der Waals surface area contributed by atoms with Gasteiger partial charge in [-0.25, -0.2) is 4.79 Å². The van der Waals surface area contributed by atoms with Crippen LogP contribution in [0.1, 0.15) is 24.5 Å². The molecule has 1 aromatic rings. The van der Waals surface area contributed by atoms with Gasteiger partial charge in [-0.05, 0) is 48.6 Å². The Kier molecular flexibility index (Phi) is 3.69. The molecule has 0 aromatic heterocycles. The average Bonchev–Trinajstić information content (AvgIpc) is 2.73. The summed E-state index contributed by atoms with van der Waals surface area (Å²) in [6.45, 7) is 1.99. The molecule has 3 nitrogen and oxygen atoms in total. The van der Waals surface area contributed by atoms with Crippen molar-refractivity contribution in [3.05, 3.63) is 39.9 Å². The van der Waals surface area contributed by atoms with Crippen LogP contribution in [0, 0.1) is 11.3 Å². The van der Waals surface area contributed by atoms with Gasteiger partial charge in [0.25, 0.3) is 0 Å². The summed E-state index contributed by atoms with van der Waals surface area (Å²) in [4.78, 5) is 11.7. The number of hydrogen-bond donors (Lipinski definition) is 0. The summed E-state index contributed by atoms with van der Waals surface area (Å²) in [6, 6.07) is 7.46. The summed E-state index contributed by atoms with van der Waals surface area (Å²) in [6.07, 6.45) is 1.48. The van der Waals surface area contributed by atoms with Crippen LogP contribution in [0.2, 0.25) is 5.02 Å². The van der Waals surface area contributed by atoms with Gasteiger partial charge < -0.3 is 4.74 Å². The number of carbonyl (C=O) groups is 1. The maximum Gasteiger partial charge on any atom is 0.349 e. The molecule has 0 atom stereocenters. The van der Waals surface area contributed by atoms with Crippen LogP contribution in [0.5, 0.6) is 0 Å². The quantitative estimate of drug-likeness (QED) is 0.467. The van der Waals surface area contributed by atoms with Crippen molar-refractivity contribution >= 4 is 23.1 Å². The number of allylic oxidation sites excluding steroid dienone is 1. The van der Waals surface area contributed by atoms with Crippen LogP contribution in [-0.4, -0.2) is 12.6 Å². The summed E-state index contributed by atoms with van der Waals surface area (Å²) in [5.74, 6) is -0.544. The van der Waals surface area contributed by atoms with Gasteiger partial charge in [0.05, 0.1) is 6.61 Å². The Morgan fingerprint density at radius 1 is 1.50 bits per heavy atom. The lowest BCUT2D eigenvalue weighted by atomic mass is 10.0. The summed E-state index contributed by atoms with van der Waals surface area (Å²) in [7, 11) is 0. The molecule has 92 valence electrons. The topological polar surface area (TPSA) is 50.1 Å². The van der Waals surface area contributed by atoms with Gasteiger partial charge in [-0.2, -0.15) is 5.26 Å². The standard InChI is InChI=1S/C14H12ClNO2/c1-2-18-14(17)13(8-16)12-5-3-9-7-10(15)4-6-11(9)12/h4,6-7H,2-3,5H2,1H3/b13-12+. The molecule has 0 spiro atoms. The first-order valence-electron chi connectivity index (χ1n) is 5.76. The number of esters is 1. The molecule has 1 aromatic carbocycles. The molecule has 2 rings (SSSR count). The van der Waals surface area contributed by atoms with Crippen LogP contribution in [0.25, 0.3) is 5.57 Å². The van der Waals surface area contributed by atoms with Crippen molar-refractivity contribution in [2.45, 2.75) is 19.8 Å². The van der Waals surface area contributed by atoms with Gasteiger partial charge in [0.15, 0.2) is 0 Å². The molecule has 0 amide bonds. The first-order chi connectivity index (χ1) is 8.67. The highest BCUT2D eigenvalue weighted by atomic mass is 35.5. The number of fused-ring (bicyclic) bond motifs is 1. The number of halogens is 1. The number of carbonyl (C=O) groups excluding carboxylic acids is 1. The summed E-state index contributed by atoms with van der Waals surface area (Å²) in [5.41, 5.74) is 2.89. The second kappa shape index (κ2) is 5.24. The largest absolute Gasteiger partial charge is 0.462 e. The van der Waals surface area contributed by atoms with Crippen molar-refractivity contribution in [2.75, 3.05) is 6.61 Å². The smallest absolute Gasteiger partial charge is 0.349 e. The van der Waals surface area contributed by atoms with Gasteiger partial charge in [-0.15, -0.1) is 0 Å². The lowest BCUT2D eigenvalue weighted by Crippen LogP contribution is -2.08. The van der Waals surface area contributed by atoms with E-state index in [2.05, 4.69) is 0 Å². The second-order valence-corrected chi connectivity index (χ2v) is 4.42. The number of nitrogens with zero attached hydrogens (tertiary/aromatic N) is 1. The monoisotopic (exact) mass is 261 g/mol. The number of ether oxygens (including phenoxy) is 1. The highest BCUT2D eigenvalue weighted by molar-refractivity contribution is 6.30. The normalized spacial score (nSPS) is 15.8. The van der Waals surface area contributed by atoms with Crippen molar-refractivity contribution in [3.8, 4) is 6.07 Å². The van der Waals surface area contributed by atoms with E-state index in [0.717, 1.165) is 23.1 Å². The molecule has 0 saturated carbocycles. The Hall–Kier alpha value is -1.79. The van der Waals surface area contributed by atoms with Crippen LogP contribution in [0.3, 0.4) is 0 Å². The Morgan fingerprint density at radius 3 is 2.94 bits per heavy atom. The fourth-order valence-corrected chi connectivity index (χ4v) is 2.35. The molecule has 0 N–H and O–H groups in total. The zero-order valence-corrected chi connectivity index (χ0v) is 10.8. The van der Waals surface area contributed by atoms with Crippen molar-refractivity contribution < 1.29 is 9.53 Å². The molecule has 1 aliphatic carbocycles. The van der Waals surface area contributed by atoms with E-state index in [1.165, 1.54) is 0 Å². The van der Waals surface area contributed by atoms with Gasteiger partial charge >= 0.3 is 5.97 Å². The third-order valence-electron chi connectivity index (χ3n) is 2.93. The molecule has 0 aliphatic heterocycles. The van der Waals surface area contributed by atoms with Crippen molar-refractivity contribution in [2.24, 2.45) is 0 Å². The first kappa shape index (κ1) is 12.7. The maximum atomic E-state index is 11.7. The lowest BCUT2D eigenvalue weighted by Gasteiger charge is -2.05. The molecule has 4 heteroatoms. The minimum atomic E-state index is -0.544. The maximum absolute atomic E-state index is 11.7. The van der Waals surface area contributed by atoms with Gasteiger partial charge in [0.1, 0.15) is 11.6 Å². The first-order valence-corrected chi connectivity index (χ1v) is 6.14. The van der Waals surface area contributed by atoms with Crippen molar-refractivity contribution in [3.63, 3.8) is 0 Å². The number of nitriles is 1. The van der Waals surface area contributed by atoms with E-state index in [1.807, 2.05) is 18.2 Å². The van der Waals surface area contributed by atoms with Crippen LogP contribution in [0.4, 0.5) is 0 Å². The van der Waals surface area contributed by atoms with Crippen LogP contribution >= 0.6 is 11.6 Å². The molecular formula is C14H12ClNO2. The molecule has 0 saturated heterocycles. The average molecular weight is 262 g/mol. The van der Waals surface area contributed by atoms with E-state index in [0.29, 0.717) is 11.4 Å². The summed E-state index contributed by atoms with van der Waals surface area (Å²) < 4.78 is 4.90. The fourth-order valence-electron chi connectivity index (χ4n) is 2.16. The van der Waals surface area contributed by atoms with Crippen LogP contribution in [-0.2, 0) is 16.0 Å². The minimum absolute atomic E-state index is 0.109. The van der Waals surface area contributed by atoms with E-state index >= 15 is 0 Å². The molecule has 0 heterocycles. The molecule has 0 radical (unpaired) electrons. The minimum Gasteiger partial charge on any atom is -0.462 e. The van der Waals surface area contributed by atoms with Crippen molar-refractivity contribution in [1.82, 2.24) is 0 Å². The lowest BCUT2D eigenvalue weighted by molar-refractivity contribution is -0.137. The van der Waals surface area contributed by atoms with Gasteiger partial charge in [0.2, 0.25) is 0 Å². The van der Waals surface area contributed by atoms with E-state index in [1.54, 1.807) is 13.0 Å². The van der Waals surface area contributed by atoms with Crippen LogP contribution in [0.15, 0.2) is 23.8 Å². The number of benzene rings is 1. The Labute approximate surface area is 111 Å². The van der Waals surface area contributed by atoms with Gasteiger partial charge in [-0.3, -0.25) is 0 Å². The van der Waals surface area contributed by atoms with Gasteiger partial charge in [-0.1, -0.05) is 17.7 Å². The predicted molar refractivity (Wildman–Crippen MR) is 68.9 cm³/mol. The third kappa shape index (κ3) is 2.25. The third-order valence-corrected chi connectivity index (χ3v) is 3.16. The molecule has 18 heavy (non-hydrogen) atoms. The van der Waals surface area contributed by atoms with Crippen LogP contribution < -0.4 is 0 Å². The van der Waals surface area contributed by atoms with E-state index in [9.17, 15) is 4.79 Å². The molecule has 0 fully saturated rings. The highest BCUT2D eigenvalue weighted by Gasteiger charge is 2.24. The second-order valence-electron chi connectivity index (χ2n) is 3.99. The number of aryl methyl sites for hydroxylation is 1. The molecule has 0 bridgehead atoms. The number of hydrogen-bond acceptors (Lipinski definition) is 3. The van der Waals surface area contributed by atoms with Gasteiger partial charge in [0, 0.05) is 5.02 Å². The van der Waals surface area contributed by atoms with E-state index < -0.39 is 5.97 Å². The zero-order chi connectivity index (χ0) is 13.1. The fraction of sp³-hybridized carbons (Fsp3) is 0.286. The highest BCUT2D eigenvalue weighted by Crippen LogP contribution is 2.36. The Bertz CT molecular complexity index is 570. The molecule has 0 unspecified atom stereocenters. The molecule has 1 aliphatic rings. The number of rotatable bonds is 2. The van der Waals surface area contributed by atoms with E-state index in [-0.39, 0.29) is 12.2 Å². The Morgan fingerprint density at radius 2 is 2.28 bits per heavy atom. The summed E-state index contributed by atoms with van der Waals surface area (Å²) >= 11 is 5.92. The zero-order valence-electron chi connectivity index (χ0n) is 10.00. The summed E-state index contributed by atoms with van der Waals surface area (Å²) in [5, 5.41) is 9.80. The Balaban J connectivity index is 2.48. The predicted octanol–water partition coefficient (Wildman–Crippen LogP) is 3.13.